The van der Waals surface area contributed by atoms with Crippen LogP contribution in [-0.2, 0) is 10.0 Å². The number of ketones is 1. The van der Waals surface area contributed by atoms with Crippen molar-refractivity contribution in [1.82, 2.24) is 4.31 Å². The van der Waals surface area contributed by atoms with Crippen molar-refractivity contribution in [3.8, 4) is 11.5 Å². The second-order valence-corrected chi connectivity index (χ2v) is 8.42. The minimum absolute atomic E-state index is 0.144. The highest BCUT2D eigenvalue weighted by Gasteiger charge is 2.17. The fraction of sp³-hybridized carbons (Fsp3) is 0.286. The van der Waals surface area contributed by atoms with E-state index in [-0.39, 0.29) is 10.7 Å². The number of carbonyl (C=O) groups is 1. The van der Waals surface area contributed by atoms with Gasteiger partial charge in [0.15, 0.2) is 17.3 Å². The number of benzene rings is 2. The molecule has 150 valence electrons. The Labute approximate surface area is 166 Å². The SMILES string of the molecule is CCCOc1cc(/C=C/C(=O)c2ccc(S(=O)(=O)N(C)C)cc2)ccc1OC. The van der Waals surface area contributed by atoms with Crippen molar-refractivity contribution in [1.29, 1.82) is 0 Å². The van der Waals surface area contributed by atoms with E-state index >= 15 is 0 Å². The molecule has 6 nitrogen and oxygen atoms in total. The number of rotatable bonds is 9. The van der Waals surface area contributed by atoms with Crippen molar-refractivity contribution in [3.63, 3.8) is 0 Å². The third-order valence-electron chi connectivity index (χ3n) is 3.99. The summed E-state index contributed by atoms with van der Waals surface area (Å²) >= 11 is 0. The summed E-state index contributed by atoms with van der Waals surface area (Å²) < 4.78 is 36.3. The van der Waals surface area contributed by atoms with Crippen LogP contribution in [-0.4, -0.2) is 46.3 Å². The highest BCUT2D eigenvalue weighted by molar-refractivity contribution is 7.89. The van der Waals surface area contributed by atoms with Crippen molar-refractivity contribution in [3.05, 3.63) is 59.7 Å². The first-order valence-electron chi connectivity index (χ1n) is 8.85. The lowest BCUT2D eigenvalue weighted by Gasteiger charge is -2.11. The Morgan fingerprint density at radius 2 is 1.75 bits per heavy atom. The van der Waals surface area contributed by atoms with Crippen molar-refractivity contribution in [2.24, 2.45) is 0 Å². The molecule has 0 heterocycles. The number of ether oxygens (including phenoxy) is 2. The molecule has 0 aliphatic heterocycles. The number of hydrogen-bond donors (Lipinski definition) is 0. The largest absolute Gasteiger partial charge is 0.493 e. The van der Waals surface area contributed by atoms with E-state index in [1.807, 2.05) is 19.1 Å². The molecule has 28 heavy (non-hydrogen) atoms. The van der Waals surface area contributed by atoms with E-state index in [4.69, 9.17) is 9.47 Å². The van der Waals surface area contributed by atoms with Crippen molar-refractivity contribution < 1.29 is 22.7 Å². The van der Waals surface area contributed by atoms with E-state index in [2.05, 4.69) is 0 Å². The molecule has 2 aromatic carbocycles. The molecule has 0 amide bonds. The Kier molecular flexibility index (Phi) is 7.37. The van der Waals surface area contributed by atoms with Gasteiger partial charge < -0.3 is 9.47 Å². The van der Waals surface area contributed by atoms with Crippen LogP contribution in [0.4, 0.5) is 0 Å². The van der Waals surface area contributed by atoms with Crippen LogP contribution in [0.1, 0.15) is 29.3 Å². The molecule has 0 saturated carbocycles. The van der Waals surface area contributed by atoms with Crippen LogP contribution in [0.5, 0.6) is 11.5 Å². The van der Waals surface area contributed by atoms with Gasteiger partial charge in [0.2, 0.25) is 10.0 Å². The lowest BCUT2D eigenvalue weighted by molar-refractivity contribution is 0.104. The van der Waals surface area contributed by atoms with Crippen LogP contribution in [0.3, 0.4) is 0 Å². The highest BCUT2D eigenvalue weighted by Crippen LogP contribution is 2.28. The van der Waals surface area contributed by atoms with Gasteiger partial charge in [-0.05, 0) is 54.5 Å². The zero-order valence-electron chi connectivity index (χ0n) is 16.5. The standard InChI is InChI=1S/C21H25NO5S/c1-5-14-27-21-15-16(7-13-20(21)26-4)6-12-19(23)17-8-10-18(11-9-17)28(24,25)22(2)3/h6-13,15H,5,14H2,1-4H3/b12-6+. The normalized spacial score (nSPS) is 11.8. The maximum absolute atomic E-state index is 12.4. The first kappa shape index (κ1) is 21.7. The summed E-state index contributed by atoms with van der Waals surface area (Å²) in [6, 6.07) is 11.3. The Hall–Kier alpha value is -2.64. The molecule has 7 heteroatoms. The smallest absolute Gasteiger partial charge is 0.242 e. The van der Waals surface area contributed by atoms with Gasteiger partial charge in [-0.15, -0.1) is 0 Å². The first-order chi connectivity index (χ1) is 13.3. The Morgan fingerprint density at radius 1 is 1.07 bits per heavy atom. The molecule has 2 rings (SSSR count). The molecule has 0 aromatic heterocycles. The summed E-state index contributed by atoms with van der Waals surface area (Å²) in [5.41, 5.74) is 1.21. The predicted molar refractivity (Wildman–Crippen MR) is 109 cm³/mol. The number of hydrogen-bond acceptors (Lipinski definition) is 5. The van der Waals surface area contributed by atoms with E-state index < -0.39 is 10.0 Å². The molecule has 0 spiro atoms. The van der Waals surface area contributed by atoms with Gasteiger partial charge in [-0.1, -0.05) is 19.1 Å². The van der Waals surface area contributed by atoms with Crippen LogP contribution >= 0.6 is 0 Å². The molecule has 0 unspecified atom stereocenters. The first-order valence-corrected chi connectivity index (χ1v) is 10.3. The molecular weight excluding hydrogens is 378 g/mol. The van der Waals surface area contributed by atoms with Crippen LogP contribution in [0.25, 0.3) is 6.08 Å². The van der Waals surface area contributed by atoms with Gasteiger partial charge in [-0.25, -0.2) is 12.7 Å². The van der Waals surface area contributed by atoms with Crippen molar-refractivity contribution >= 4 is 21.9 Å². The molecule has 0 bridgehead atoms. The molecule has 0 radical (unpaired) electrons. The maximum Gasteiger partial charge on any atom is 0.242 e. The second-order valence-electron chi connectivity index (χ2n) is 6.27. The highest BCUT2D eigenvalue weighted by atomic mass is 32.2. The topological polar surface area (TPSA) is 72.9 Å². The quantitative estimate of drug-likeness (QED) is 0.472. The lowest BCUT2D eigenvalue weighted by Crippen LogP contribution is -2.22. The van der Waals surface area contributed by atoms with Gasteiger partial charge in [0.25, 0.3) is 0 Å². The molecule has 0 N–H and O–H groups in total. The minimum atomic E-state index is -3.52. The number of nitrogens with zero attached hydrogens (tertiary/aromatic N) is 1. The summed E-state index contributed by atoms with van der Waals surface area (Å²) in [6.07, 6.45) is 4.01. The number of sulfonamides is 1. The van der Waals surface area contributed by atoms with Gasteiger partial charge in [-0.2, -0.15) is 0 Å². The zero-order chi connectivity index (χ0) is 20.7. The Bertz CT molecular complexity index is 947. The fourth-order valence-electron chi connectivity index (χ4n) is 2.39. The Morgan fingerprint density at radius 3 is 2.32 bits per heavy atom. The van der Waals surface area contributed by atoms with E-state index in [9.17, 15) is 13.2 Å². The summed E-state index contributed by atoms with van der Waals surface area (Å²) in [4.78, 5) is 12.5. The van der Waals surface area contributed by atoms with Gasteiger partial charge in [0.1, 0.15) is 0 Å². The van der Waals surface area contributed by atoms with Crippen LogP contribution in [0.2, 0.25) is 0 Å². The molecule has 0 fully saturated rings. The Balaban J connectivity index is 2.17. The van der Waals surface area contributed by atoms with E-state index in [0.717, 1.165) is 16.3 Å². The van der Waals surface area contributed by atoms with Crippen LogP contribution in [0, 0.1) is 0 Å². The lowest BCUT2D eigenvalue weighted by atomic mass is 10.1. The number of allylic oxidation sites excluding steroid dienone is 1. The van der Waals surface area contributed by atoms with E-state index in [0.29, 0.717) is 23.7 Å². The number of methoxy groups -OCH3 is 1. The molecule has 0 aliphatic carbocycles. The van der Waals surface area contributed by atoms with Crippen LogP contribution in [0.15, 0.2) is 53.4 Å². The molecule has 0 aliphatic rings. The molecular formula is C21H25NO5S. The van der Waals surface area contributed by atoms with Crippen LogP contribution < -0.4 is 9.47 Å². The molecule has 0 saturated heterocycles. The minimum Gasteiger partial charge on any atom is -0.493 e. The summed E-state index contributed by atoms with van der Waals surface area (Å²) in [6.45, 7) is 2.59. The fourth-order valence-corrected chi connectivity index (χ4v) is 3.29. The third-order valence-corrected chi connectivity index (χ3v) is 5.82. The van der Waals surface area contributed by atoms with Gasteiger partial charge >= 0.3 is 0 Å². The summed E-state index contributed by atoms with van der Waals surface area (Å²) in [7, 11) is 0.987. The van der Waals surface area contributed by atoms with Gasteiger partial charge in [-0.3, -0.25) is 4.79 Å². The average Bonchev–Trinajstić information content (AvgIpc) is 2.70. The molecule has 2 aromatic rings. The monoisotopic (exact) mass is 403 g/mol. The third kappa shape index (κ3) is 5.21. The second kappa shape index (κ2) is 9.52. The van der Waals surface area contributed by atoms with Crippen molar-refractivity contribution in [2.75, 3.05) is 27.8 Å². The van der Waals surface area contributed by atoms with Crippen molar-refractivity contribution in [2.45, 2.75) is 18.2 Å². The maximum atomic E-state index is 12.4. The number of carbonyl (C=O) groups excluding carboxylic acids is 1. The van der Waals surface area contributed by atoms with E-state index in [1.54, 1.807) is 19.3 Å². The van der Waals surface area contributed by atoms with Gasteiger partial charge in [0.05, 0.1) is 18.6 Å². The summed E-state index contributed by atoms with van der Waals surface area (Å²) in [5, 5.41) is 0. The van der Waals surface area contributed by atoms with Gasteiger partial charge in [0, 0.05) is 19.7 Å². The predicted octanol–water partition coefficient (Wildman–Crippen LogP) is 3.63. The van der Waals surface area contributed by atoms with E-state index in [1.165, 1.54) is 44.4 Å². The molecule has 0 atom stereocenters. The zero-order valence-corrected chi connectivity index (χ0v) is 17.3. The summed E-state index contributed by atoms with van der Waals surface area (Å²) in [5.74, 6) is 1.03. The average molecular weight is 404 g/mol.